The smallest absolute Gasteiger partial charge is 0.252 e. The van der Waals surface area contributed by atoms with Gasteiger partial charge < -0.3 is 9.73 Å². The highest BCUT2D eigenvalue weighted by Gasteiger charge is 2.33. The Morgan fingerprint density at radius 3 is 2.96 bits per heavy atom. The number of rotatable bonds is 5. The highest BCUT2D eigenvalue weighted by atomic mass is 32.2. The summed E-state index contributed by atoms with van der Waals surface area (Å²) in [4.78, 5) is 12.3. The van der Waals surface area contributed by atoms with Crippen molar-refractivity contribution in [2.24, 2.45) is 5.92 Å². The fourth-order valence-electron chi connectivity index (χ4n) is 2.64. The van der Waals surface area contributed by atoms with E-state index in [-0.39, 0.29) is 18.4 Å². The topological polar surface area (TPSA) is 79.6 Å². The quantitative estimate of drug-likeness (QED) is 0.891. The molecule has 0 spiro atoms. The zero-order chi connectivity index (χ0) is 16.3. The Balaban J connectivity index is 1.63. The normalized spacial score (nSPS) is 19.6. The Hall–Kier alpha value is -1.64. The Morgan fingerprint density at radius 1 is 1.39 bits per heavy atom. The summed E-state index contributed by atoms with van der Waals surface area (Å²) in [5.74, 6) is 0.221. The van der Waals surface area contributed by atoms with Crippen molar-refractivity contribution >= 4 is 27.3 Å². The summed E-state index contributed by atoms with van der Waals surface area (Å²) < 4.78 is 32.0. The Kier molecular flexibility index (Phi) is 4.84. The predicted octanol–water partition coefficient (Wildman–Crippen LogP) is 2.06. The number of thiophene rings is 1. The maximum atomic E-state index is 12.6. The van der Waals surface area contributed by atoms with Crippen molar-refractivity contribution in [3.8, 4) is 0 Å². The van der Waals surface area contributed by atoms with Crippen LogP contribution in [0.25, 0.3) is 0 Å². The van der Waals surface area contributed by atoms with E-state index < -0.39 is 10.0 Å². The monoisotopic (exact) mass is 354 g/mol. The van der Waals surface area contributed by atoms with Crippen LogP contribution in [0, 0.1) is 5.92 Å². The first-order valence-corrected chi connectivity index (χ1v) is 9.73. The minimum absolute atomic E-state index is 0.132. The van der Waals surface area contributed by atoms with Gasteiger partial charge in [-0.15, -0.1) is 11.3 Å². The first kappa shape index (κ1) is 16.2. The van der Waals surface area contributed by atoms with Crippen LogP contribution in [0.5, 0.6) is 0 Å². The molecule has 6 nitrogen and oxygen atoms in total. The van der Waals surface area contributed by atoms with Crippen LogP contribution in [0.15, 0.2) is 44.5 Å². The number of piperidine rings is 1. The SMILES string of the molecule is O=C(NCc1ccco1)C1CCCN(S(=O)(=O)c2cccs2)C1. The average Bonchev–Trinajstić information content (AvgIpc) is 3.26. The lowest BCUT2D eigenvalue weighted by Crippen LogP contribution is -2.45. The van der Waals surface area contributed by atoms with Gasteiger partial charge in [0.25, 0.3) is 10.0 Å². The minimum atomic E-state index is -3.49. The molecule has 1 aliphatic rings. The fourth-order valence-corrected chi connectivity index (χ4v) is 5.31. The van der Waals surface area contributed by atoms with Gasteiger partial charge in [-0.3, -0.25) is 4.79 Å². The van der Waals surface area contributed by atoms with Crippen molar-refractivity contribution in [2.45, 2.75) is 23.6 Å². The highest BCUT2D eigenvalue weighted by molar-refractivity contribution is 7.91. The molecule has 0 saturated carbocycles. The number of amides is 1. The third kappa shape index (κ3) is 3.65. The van der Waals surface area contributed by atoms with Gasteiger partial charge in [-0.05, 0) is 36.4 Å². The molecule has 0 aromatic carbocycles. The average molecular weight is 354 g/mol. The lowest BCUT2D eigenvalue weighted by Gasteiger charge is -2.30. The van der Waals surface area contributed by atoms with Crippen LogP contribution in [0.4, 0.5) is 0 Å². The van der Waals surface area contributed by atoms with Gasteiger partial charge in [0.15, 0.2) is 0 Å². The summed E-state index contributed by atoms with van der Waals surface area (Å²) in [5, 5.41) is 4.55. The van der Waals surface area contributed by atoms with Gasteiger partial charge in [0.1, 0.15) is 9.97 Å². The maximum Gasteiger partial charge on any atom is 0.252 e. The summed E-state index contributed by atoms with van der Waals surface area (Å²) in [5.41, 5.74) is 0. The second-order valence-electron chi connectivity index (χ2n) is 5.43. The van der Waals surface area contributed by atoms with Crippen molar-refractivity contribution < 1.29 is 17.6 Å². The molecule has 1 fully saturated rings. The number of hydrogen-bond acceptors (Lipinski definition) is 5. The van der Waals surface area contributed by atoms with Gasteiger partial charge >= 0.3 is 0 Å². The van der Waals surface area contributed by atoms with Gasteiger partial charge in [-0.25, -0.2) is 8.42 Å². The molecule has 0 aliphatic carbocycles. The summed E-state index contributed by atoms with van der Waals surface area (Å²) in [6.07, 6.45) is 2.93. The molecule has 1 aliphatic heterocycles. The molecule has 1 atom stereocenters. The molecule has 23 heavy (non-hydrogen) atoms. The second kappa shape index (κ2) is 6.86. The van der Waals surface area contributed by atoms with Gasteiger partial charge in [-0.2, -0.15) is 4.31 Å². The van der Waals surface area contributed by atoms with E-state index in [1.165, 1.54) is 15.6 Å². The fraction of sp³-hybridized carbons (Fsp3) is 0.400. The van der Waals surface area contributed by atoms with Crippen LogP contribution < -0.4 is 5.32 Å². The lowest BCUT2D eigenvalue weighted by atomic mass is 9.99. The summed E-state index contributed by atoms with van der Waals surface area (Å²) >= 11 is 1.20. The molecule has 3 rings (SSSR count). The third-order valence-corrected chi connectivity index (χ3v) is 7.10. The van der Waals surface area contributed by atoms with Crippen molar-refractivity contribution in [3.05, 3.63) is 41.7 Å². The summed E-state index contributed by atoms with van der Waals surface area (Å²) in [6.45, 7) is 1.01. The molecule has 124 valence electrons. The molecular weight excluding hydrogens is 336 g/mol. The number of nitrogens with one attached hydrogen (secondary N) is 1. The molecule has 2 aromatic heterocycles. The van der Waals surface area contributed by atoms with Crippen LogP contribution in [0.3, 0.4) is 0 Å². The maximum absolute atomic E-state index is 12.6. The number of carbonyl (C=O) groups excluding carboxylic acids is 1. The van der Waals surface area contributed by atoms with E-state index in [9.17, 15) is 13.2 Å². The predicted molar refractivity (Wildman–Crippen MR) is 86.4 cm³/mol. The van der Waals surface area contributed by atoms with Crippen LogP contribution in [0.1, 0.15) is 18.6 Å². The summed E-state index contributed by atoms with van der Waals surface area (Å²) in [7, 11) is -3.49. The van der Waals surface area contributed by atoms with Crippen molar-refractivity contribution in [3.63, 3.8) is 0 Å². The van der Waals surface area contributed by atoms with Crippen LogP contribution in [-0.4, -0.2) is 31.7 Å². The Bertz CT molecular complexity index is 739. The van der Waals surface area contributed by atoms with Crippen LogP contribution in [-0.2, 0) is 21.4 Å². The zero-order valence-corrected chi connectivity index (χ0v) is 14.1. The van der Waals surface area contributed by atoms with E-state index >= 15 is 0 Å². The minimum Gasteiger partial charge on any atom is -0.467 e. The molecule has 3 heterocycles. The van der Waals surface area contributed by atoms with E-state index in [1.54, 1.807) is 35.9 Å². The highest BCUT2D eigenvalue weighted by Crippen LogP contribution is 2.26. The van der Waals surface area contributed by atoms with E-state index in [0.29, 0.717) is 35.9 Å². The molecule has 1 amide bonds. The molecule has 0 radical (unpaired) electrons. The molecule has 1 unspecified atom stereocenters. The lowest BCUT2D eigenvalue weighted by molar-refractivity contribution is -0.126. The molecule has 1 saturated heterocycles. The van der Waals surface area contributed by atoms with Gasteiger partial charge in [0.2, 0.25) is 5.91 Å². The largest absolute Gasteiger partial charge is 0.467 e. The van der Waals surface area contributed by atoms with E-state index in [0.717, 1.165) is 0 Å². The van der Waals surface area contributed by atoms with Gasteiger partial charge in [-0.1, -0.05) is 6.07 Å². The number of sulfonamides is 1. The summed E-state index contributed by atoms with van der Waals surface area (Å²) in [6, 6.07) is 6.86. The molecule has 0 bridgehead atoms. The number of nitrogens with zero attached hydrogens (tertiary/aromatic N) is 1. The van der Waals surface area contributed by atoms with E-state index in [1.807, 2.05) is 0 Å². The standard InChI is InChI=1S/C15H18N2O4S2/c18-15(16-10-13-5-2-8-21-13)12-4-1-7-17(11-12)23(19,20)14-6-3-9-22-14/h2-3,5-6,8-9,12H,1,4,7,10-11H2,(H,16,18). The third-order valence-electron chi connectivity index (χ3n) is 3.86. The van der Waals surface area contributed by atoms with Gasteiger partial charge in [0.05, 0.1) is 18.7 Å². The van der Waals surface area contributed by atoms with Crippen molar-refractivity contribution in [1.82, 2.24) is 9.62 Å². The second-order valence-corrected chi connectivity index (χ2v) is 8.54. The molecule has 2 aromatic rings. The first-order valence-electron chi connectivity index (χ1n) is 7.41. The molecular formula is C15H18N2O4S2. The van der Waals surface area contributed by atoms with Crippen molar-refractivity contribution in [2.75, 3.05) is 13.1 Å². The van der Waals surface area contributed by atoms with Crippen LogP contribution >= 0.6 is 11.3 Å². The Labute approximate surface area is 139 Å². The first-order chi connectivity index (χ1) is 11.1. The number of furan rings is 1. The van der Waals surface area contributed by atoms with Gasteiger partial charge in [0, 0.05) is 13.1 Å². The zero-order valence-electron chi connectivity index (χ0n) is 12.5. The molecule has 8 heteroatoms. The van der Waals surface area contributed by atoms with Crippen LogP contribution in [0.2, 0.25) is 0 Å². The van der Waals surface area contributed by atoms with E-state index in [2.05, 4.69) is 5.32 Å². The Morgan fingerprint density at radius 2 is 2.26 bits per heavy atom. The molecule has 1 N–H and O–H groups in total. The number of carbonyl (C=O) groups is 1. The van der Waals surface area contributed by atoms with Crippen molar-refractivity contribution in [1.29, 1.82) is 0 Å². The number of hydrogen-bond donors (Lipinski definition) is 1. The van der Waals surface area contributed by atoms with E-state index in [4.69, 9.17) is 4.42 Å².